The molecule has 27 heavy (non-hydrogen) atoms. The van der Waals surface area contributed by atoms with Crippen LogP contribution in [0.25, 0.3) is 0 Å². The predicted molar refractivity (Wildman–Crippen MR) is 88.1 cm³/mol. The zero-order valence-electron chi connectivity index (χ0n) is 14.0. The average Bonchev–Trinajstić information content (AvgIpc) is 2.62. The van der Waals surface area contributed by atoms with Crippen LogP contribution in [0, 0.1) is 10.2 Å². The maximum atomic E-state index is 13.9. The second kappa shape index (κ2) is 7.08. The van der Waals surface area contributed by atoms with E-state index in [1.54, 1.807) is 20.8 Å². The van der Waals surface area contributed by atoms with Crippen molar-refractivity contribution < 1.29 is 39.5 Å². The van der Waals surface area contributed by atoms with Crippen molar-refractivity contribution in [1.82, 2.24) is 9.13 Å². The van der Waals surface area contributed by atoms with Gasteiger partial charge in [-0.3, -0.25) is 0 Å². The molecule has 0 fully saturated rings. The first-order valence-corrected chi connectivity index (χ1v) is 8.39. The van der Waals surface area contributed by atoms with E-state index < -0.39 is 45.7 Å². The second-order valence-electron chi connectivity index (χ2n) is 7.01. The molecule has 14 heteroatoms. The van der Waals surface area contributed by atoms with E-state index in [0.29, 0.717) is 0 Å². The normalized spacial score (nSPS) is 14.7. The Hall–Kier alpha value is -0.500. The number of nitrogens with zero attached hydrogens (tertiary/aromatic N) is 2. The Morgan fingerprint density at radius 3 is 1.44 bits per heavy atom. The van der Waals surface area contributed by atoms with Crippen molar-refractivity contribution in [2.75, 3.05) is 0 Å². The summed E-state index contributed by atoms with van der Waals surface area (Å²) in [5.74, 6) is -19.5. The molecule has 0 unspecified atom stereocenters. The van der Waals surface area contributed by atoms with Gasteiger partial charge in [-0.05, 0) is 17.6 Å². The summed E-state index contributed by atoms with van der Waals surface area (Å²) in [5, 5.41) is -0.599. The fourth-order valence-electron chi connectivity index (χ4n) is 2.03. The van der Waals surface area contributed by atoms with Crippen LogP contribution in [0.15, 0.2) is 10.1 Å². The molecule has 0 saturated carbocycles. The number of alkyl halides is 9. The Labute approximate surface area is 164 Å². The number of hydrogen-bond acceptors (Lipinski definition) is 3. The van der Waals surface area contributed by atoms with Crippen molar-refractivity contribution in [2.24, 2.45) is 5.41 Å². The molecule has 0 amide bonds. The van der Waals surface area contributed by atoms with Gasteiger partial charge in [-0.2, -0.15) is 39.5 Å². The van der Waals surface area contributed by atoms with Crippen molar-refractivity contribution in [1.29, 1.82) is 0 Å². The summed E-state index contributed by atoms with van der Waals surface area (Å²) in [5.41, 5.74) is -0.474. The van der Waals surface area contributed by atoms with Gasteiger partial charge in [0.15, 0.2) is 4.77 Å². The van der Waals surface area contributed by atoms with Gasteiger partial charge in [0.2, 0.25) is 0 Å². The van der Waals surface area contributed by atoms with Crippen molar-refractivity contribution in [3.8, 4) is 0 Å². The maximum Gasteiger partial charge on any atom is 0.460 e. The molecule has 0 N–H and O–H groups in total. The van der Waals surface area contributed by atoms with Crippen LogP contribution >= 0.6 is 37.5 Å². The van der Waals surface area contributed by atoms with Gasteiger partial charge in [0.25, 0.3) is 0 Å². The molecule has 0 aliphatic carbocycles. The van der Waals surface area contributed by atoms with E-state index in [4.69, 9.17) is 12.2 Å². The van der Waals surface area contributed by atoms with E-state index in [9.17, 15) is 39.5 Å². The van der Waals surface area contributed by atoms with Gasteiger partial charge in [0.05, 0.1) is 6.54 Å². The third-order valence-corrected chi connectivity index (χ3v) is 4.90. The van der Waals surface area contributed by atoms with Gasteiger partial charge in [0.1, 0.15) is 10.1 Å². The number of thiol groups is 2. The molecule has 0 radical (unpaired) electrons. The van der Waals surface area contributed by atoms with Crippen LogP contribution in [0.3, 0.4) is 0 Å². The lowest BCUT2D eigenvalue weighted by molar-refractivity contribution is -0.397. The molecule has 0 saturated heterocycles. The van der Waals surface area contributed by atoms with Gasteiger partial charge in [0, 0.05) is 6.54 Å². The van der Waals surface area contributed by atoms with E-state index >= 15 is 0 Å². The number of rotatable bonds is 5. The molecule has 1 aromatic rings. The summed E-state index contributed by atoms with van der Waals surface area (Å²) in [4.78, 5) is 0. The quantitative estimate of drug-likeness (QED) is 0.303. The summed E-state index contributed by atoms with van der Waals surface area (Å²) in [6.45, 7) is 3.01. The smallest absolute Gasteiger partial charge is 0.311 e. The van der Waals surface area contributed by atoms with E-state index in [0.717, 1.165) is 4.57 Å². The minimum absolute atomic E-state index is 0.0753. The fourth-order valence-corrected chi connectivity index (χ4v) is 3.05. The molecule has 158 valence electrons. The Morgan fingerprint density at radius 1 is 0.741 bits per heavy atom. The van der Waals surface area contributed by atoms with E-state index in [-0.39, 0.29) is 16.1 Å². The minimum Gasteiger partial charge on any atom is -0.311 e. The monoisotopic (exact) mass is 466 g/mol. The molecule has 0 bridgehead atoms. The van der Waals surface area contributed by atoms with E-state index in [1.807, 2.05) is 0 Å². The van der Waals surface area contributed by atoms with Crippen molar-refractivity contribution >= 4 is 37.5 Å². The number of imidazole rings is 1. The Kier molecular flexibility index (Phi) is 6.43. The molecule has 0 aliphatic rings. The van der Waals surface area contributed by atoms with E-state index in [2.05, 4.69) is 25.3 Å². The van der Waals surface area contributed by atoms with Crippen LogP contribution < -0.4 is 0 Å². The van der Waals surface area contributed by atoms with Crippen LogP contribution in [0.5, 0.6) is 0 Å². The standard InChI is InChI=1S/C13H15F9N2S3/c1-9(2,3)4-23-6(25)7(26)24(8(23)27)5-10(14,15)11(16,17)12(18,19)13(20,21)22/h25-26H,4-5H2,1-3H3. The first-order valence-electron chi connectivity index (χ1n) is 7.09. The molecule has 0 aliphatic heterocycles. The molecule has 0 aromatic carbocycles. The fraction of sp³-hybridized carbons (Fsp3) is 0.769. The molecule has 1 rings (SSSR count). The zero-order chi connectivity index (χ0) is 21.8. The van der Waals surface area contributed by atoms with Gasteiger partial charge >= 0.3 is 23.9 Å². The third-order valence-electron chi connectivity index (χ3n) is 3.37. The van der Waals surface area contributed by atoms with Crippen LogP contribution in [-0.4, -0.2) is 33.1 Å². The van der Waals surface area contributed by atoms with Crippen molar-refractivity contribution in [2.45, 2.75) is 67.9 Å². The maximum absolute atomic E-state index is 13.9. The van der Waals surface area contributed by atoms with E-state index in [1.165, 1.54) is 0 Å². The predicted octanol–water partition coefficient (Wildman–Crippen LogP) is 6.11. The highest BCUT2D eigenvalue weighted by Crippen LogP contribution is 2.53. The number of hydrogen-bond donors (Lipinski definition) is 2. The third kappa shape index (κ3) is 4.41. The molecule has 1 aromatic heterocycles. The van der Waals surface area contributed by atoms with Gasteiger partial charge < -0.3 is 9.13 Å². The summed E-state index contributed by atoms with van der Waals surface area (Å²) in [7, 11) is 0. The van der Waals surface area contributed by atoms with Gasteiger partial charge in [-0.1, -0.05) is 20.8 Å². The van der Waals surface area contributed by atoms with Crippen LogP contribution in [-0.2, 0) is 13.1 Å². The Bertz CT molecular complexity index is 757. The first kappa shape index (κ1) is 24.5. The molecule has 0 atom stereocenters. The summed E-state index contributed by atoms with van der Waals surface area (Å²) >= 11 is 12.6. The average molecular weight is 466 g/mol. The lowest BCUT2D eigenvalue weighted by Crippen LogP contribution is -2.62. The zero-order valence-corrected chi connectivity index (χ0v) is 16.6. The minimum atomic E-state index is -6.96. The topological polar surface area (TPSA) is 9.86 Å². The molecular weight excluding hydrogens is 451 g/mol. The second-order valence-corrected chi connectivity index (χ2v) is 8.23. The highest BCUT2D eigenvalue weighted by molar-refractivity contribution is 7.83. The highest BCUT2D eigenvalue weighted by Gasteiger charge is 2.81. The van der Waals surface area contributed by atoms with Crippen molar-refractivity contribution in [3.05, 3.63) is 4.77 Å². The van der Waals surface area contributed by atoms with Crippen LogP contribution in [0.4, 0.5) is 39.5 Å². The molecule has 2 nitrogen and oxygen atoms in total. The molecule has 1 heterocycles. The lowest BCUT2D eigenvalue weighted by Gasteiger charge is -2.33. The van der Waals surface area contributed by atoms with Crippen LogP contribution in [0.1, 0.15) is 20.8 Å². The van der Waals surface area contributed by atoms with Gasteiger partial charge in [-0.15, -0.1) is 25.3 Å². The Morgan fingerprint density at radius 2 is 1.11 bits per heavy atom. The summed E-state index contributed by atoms with van der Waals surface area (Å²) in [6.07, 6.45) is -6.88. The van der Waals surface area contributed by atoms with Crippen molar-refractivity contribution in [3.63, 3.8) is 0 Å². The Balaban J connectivity index is 3.43. The molecular formula is C13H15F9N2S3. The van der Waals surface area contributed by atoms with Crippen LogP contribution in [0.2, 0.25) is 0 Å². The highest BCUT2D eigenvalue weighted by atomic mass is 32.1. The molecule has 0 spiro atoms. The lowest BCUT2D eigenvalue weighted by atomic mass is 9.97. The summed E-state index contributed by atoms with van der Waals surface area (Å²) < 4.78 is 118. The summed E-state index contributed by atoms with van der Waals surface area (Å²) in [6, 6.07) is 0. The first-order chi connectivity index (χ1) is 11.7. The largest absolute Gasteiger partial charge is 0.460 e. The van der Waals surface area contributed by atoms with Gasteiger partial charge in [-0.25, -0.2) is 0 Å². The SMILES string of the molecule is CC(C)(C)Cn1c(S)c(S)n(CC(F)(F)C(F)(F)C(F)(F)C(F)(F)F)c1=S. The number of halogens is 9. The number of aromatic nitrogens is 2.